The maximum Gasteiger partial charge on any atom is 0.549 e. The molecule has 0 aliphatic heterocycles. The quantitative estimate of drug-likeness (QED) is 0.686. The van der Waals surface area contributed by atoms with Gasteiger partial charge in [0.15, 0.2) is 0 Å². The Hall–Kier alpha value is -2.04. The highest BCUT2D eigenvalue weighted by Crippen LogP contribution is 2.16. The fourth-order valence-electron chi connectivity index (χ4n) is 1.96. The van der Waals surface area contributed by atoms with E-state index in [0.29, 0.717) is 18.7 Å². The lowest BCUT2D eigenvalue weighted by atomic mass is 10.1. The van der Waals surface area contributed by atoms with Crippen LogP contribution in [0.1, 0.15) is 21.5 Å². The Kier molecular flexibility index (Phi) is 6.72. The number of halogens is 1. The lowest BCUT2D eigenvalue weighted by Gasteiger charge is -2.09. The molecule has 0 aromatic heterocycles. The van der Waals surface area contributed by atoms with Gasteiger partial charge in [-0.05, 0) is 23.8 Å². The van der Waals surface area contributed by atoms with Crippen molar-refractivity contribution >= 4 is 5.97 Å². The number of para-hydroxylation sites is 1. The summed E-state index contributed by atoms with van der Waals surface area (Å²) in [7, 11) is 1.66. The summed E-state index contributed by atoms with van der Waals surface area (Å²) in [4.78, 5) is 10.9. The molecule has 112 valence electrons. The van der Waals surface area contributed by atoms with Crippen LogP contribution < -0.4 is 22.5 Å². The molecule has 0 fully saturated rings. The summed E-state index contributed by atoms with van der Waals surface area (Å²) in [5, 5.41) is 10.3. The van der Waals surface area contributed by atoms with Gasteiger partial charge >= 0.3 is 5.97 Å². The van der Waals surface area contributed by atoms with E-state index in [0.717, 1.165) is 16.9 Å². The molecule has 0 amide bonds. The monoisotopic (exact) mass is 307 g/mol. The van der Waals surface area contributed by atoms with Gasteiger partial charge in [-0.2, -0.15) is 0 Å². The second-order valence-corrected chi connectivity index (χ2v) is 4.44. The third-order valence-electron chi connectivity index (χ3n) is 3.05. The molecule has 0 saturated heterocycles. The molecular weight excluding hydrogens is 290 g/mol. The lowest BCUT2D eigenvalue weighted by Crippen LogP contribution is -3.00. The number of ether oxygens (including phenoxy) is 1. The first kappa shape index (κ1) is 17.0. The van der Waals surface area contributed by atoms with Crippen molar-refractivity contribution in [3.05, 3.63) is 65.2 Å². The van der Waals surface area contributed by atoms with Crippen LogP contribution in [0.3, 0.4) is 0 Å². The van der Waals surface area contributed by atoms with Crippen LogP contribution in [0, 0.1) is 0 Å². The van der Waals surface area contributed by atoms with Gasteiger partial charge in [0.05, 0.1) is 7.11 Å². The summed E-state index contributed by atoms with van der Waals surface area (Å²) in [6.45, 7) is 1.41. The number of hydrogen-bond acceptors (Lipinski definition) is 3. The molecule has 0 spiro atoms. The number of nitrogens with one attached hydrogen (secondary N) is 1. The molecule has 0 atom stereocenters. The molecule has 0 aliphatic rings. The third-order valence-corrected chi connectivity index (χ3v) is 3.05. The Morgan fingerprint density at radius 2 is 1.76 bits per heavy atom. The van der Waals surface area contributed by atoms with E-state index in [1.54, 1.807) is 19.2 Å². The van der Waals surface area contributed by atoms with Crippen molar-refractivity contribution in [3.8, 4) is 5.75 Å². The molecule has 21 heavy (non-hydrogen) atoms. The van der Waals surface area contributed by atoms with Crippen molar-refractivity contribution in [1.29, 1.82) is 0 Å². The van der Waals surface area contributed by atoms with Crippen molar-refractivity contribution in [2.24, 2.45) is 0 Å². The largest absolute Gasteiger partial charge is 1.00 e. The van der Waals surface area contributed by atoms with E-state index in [1.807, 2.05) is 36.4 Å². The molecule has 2 aromatic carbocycles. The van der Waals surface area contributed by atoms with Crippen LogP contribution in [0.2, 0.25) is 0 Å². The molecular formula is C16H18ClNO3. The Bertz CT molecular complexity index is 584. The number of hydrogen-bond donors (Lipinski definition) is 1. The lowest BCUT2D eigenvalue weighted by molar-refractivity contribution is -0.0000199. The molecule has 0 radical (unpaired) electrons. The third kappa shape index (κ3) is 4.77. The van der Waals surface area contributed by atoms with Crippen molar-refractivity contribution in [1.82, 2.24) is 5.32 Å². The highest BCUT2D eigenvalue weighted by Gasteiger charge is 2.09. The highest BCUT2D eigenvalue weighted by molar-refractivity contribution is 5.87. The predicted octanol–water partition coefficient (Wildman–Crippen LogP) is -1.15. The Morgan fingerprint density at radius 3 is 2.38 bits per heavy atom. The summed E-state index contributed by atoms with van der Waals surface area (Å²) in [5.74, 6) is 0.216. The average Bonchev–Trinajstić information content (AvgIpc) is 2.48. The van der Waals surface area contributed by atoms with Gasteiger partial charge in [0, 0.05) is 23.4 Å². The summed E-state index contributed by atoms with van der Waals surface area (Å²) in [6.07, 6.45) is 0. The SMILES string of the molecule is COc1ccccc1CNCc1ccc(C(=O)[OH2+])cc1.[Cl-]. The molecule has 0 heterocycles. The minimum Gasteiger partial charge on any atom is -1.00 e. The Labute approximate surface area is 130 Å². The average molecular weight is 308 g/mol. The number of rotatable bonds is 6. The standard InChI is InChI=1S/C16H17NO3.ClH/c1-20-15-5-3-2-4-14(15)11-17-10-12-6-8-13(9-7-12)16(18)19;/h2-9,17H,10-11H2,1H3,(H,18,19);1H. The smallest absolute Gasteiger partial charge is 0.549 e. The number of carbonyl (C=O) groups is 1. The zero-order valence-corrected chi connectivity index (χ0v) is 12.5. The van der Waals surface area contributed by atoms with Crippen LogP contribution in [0.5, 0.6) is 5.75 Å². The second-order valence-electron chi connectivity index (χ2n) is 4.44. The van der Waals surface area contributed by atoms with Gasteiger partial charge in [0.25, 0.3) is 0 Å². The van der Waals surface area contributed by atoms with E-state index >= 15 is 0 Å². The van der Waals surface area contributed by atoms with Crippen molar-refractivity contribution < 1.29 is 27.0 Å². The van der Waals surface area contributed by atoms with Crippen LogP contribution in [0.25, 0.3) is 0 Å². The maximum atomic E-state index is 10.9. The van der Waals surface area contributed by atoms with Crippen molar-refractivity contribution in [2.45, 2.75) is 13.1 Å². The number of benzene rings is 2. The van der Waals surface area contributed by atoms with E-state index in [4.69, 9.17) is 9.84 Å². The second kappa shape index (κ2) is 8.29. The molecule has 0 unspecified atom stereocenters. The molecule has 3 N–H and O–H groups in total. The maximum absolute atomic E-state index is 10.9. The summed E-state index contributed by atoms with van der Waals surface area (Å²) >= 11 is 0. The van der Waals surface area contributed by atoms with Crippen LogP contribution in [-0.4, -0.2) is 18.2 Å². The topological polar surface area (TPSA) is 61.2 Å². The van der Waals surface area contributed by atoms with Gasteiger partial charge in [0.2, 0.25) is 0 Å². The molecule has 2 rings (SSSR count). The molecule has 5 heteroatoms. The Morgan fingerprint density at radius 1 is 1.10 bits per heavy atom. The van der Waals surface area contributed by atoms with E-state index in [-0.39, 0.29) is 12.4 Å². The van der Waals surface area contributed by atoms with E-state index < -0.39 is 5.97 Å². The van der Waals surface area contributed by atoms with Crippen LogP contribution in [-0.2, 0) is 13.1 Å². The van der Waals surface area contributed by atoms with Gasteiger partial charge in [-0.1, -0.05) is 30.3 Å². The molecule has 0 aliphatic carbocycles. The normalized spacial score (nSPS) is 9.76. The first-order chi connectivity index (χ1) is 9.70. The van der Waals surface area contributed by atoms with Crippen LogP contribution >= 0.6 is 0 Å². The van der Waals surface area contributed by atoms with E-state index in [2.05, 4.69) is 5.32 Å². The summed E-state index contributed by atoms with van der Waals surface area (Å²) in [5.41, 5.74) is 2.59. The summed E-state index contributed by atoms with van der Waals surface area (Å²) in [6, 6.07) is 14.9. The highest BCUT2D eigenvalue weighted by atomic mass is 35.5. The van der Waals surface area contributed by atoms with Gasteiger partial charge in [-0.25, -0.2) is 0 Å². The molecule has 4 nitrogen and oxygen atoms in total. The zero-order chi connectivity index (χ0) is 14.4. The number of carbonyl (C=O) groups excluding carboxylic acids is 1. The first-order valence-electron chi connectivity index (χ1n) is 6.38. The fraction of sp³-hybridized carbons (Fsp3) is 0.188. The summed E-state index contributed by atoms with van der Waals surface area (Å²) < 4.78 is 5.29. The Balaban J connectivity index is 0.00000220. The molecule has 2 aromatic rings. The van der Waals surface area contributed by atoms with Crippen molar-refractivity contribution in [3.63, 3.8) is 0 Å². The minimum absolute atomic E-state index is 0. The van der Waals surface area contributed by atoms with Crippen LogP contribution in [0.15, 0.2) is 48.5 Å². The number of methoxy groups -OCH3 is 1. The van der Waals surface area contributed by atoms with E-state index in [9.17, 15) is 4.79 Å². The van der Waals surface area contributed by atoms with Gasteiger partial charge in [-0.15, -0.1) is 0 Å². The first-order valence-corrected chi connectivity index (χ1v) is 6.38. The molecule has 0 bridgehead atoms. The predicted molar refractivity (Wildman–Crippen MR) is 77.9 cm³/mol. The van der Waals surface area contributed by atoms with Crippen LogP contribution in [0.4, 0.5) is 0 Å². The van der Waals surface area contributed by atoms with Gasteiger partial charge < -0.3 is 27.6 Å². The van der Waals surface area contributed by atoms with Crippen molar-refractivity contribution in [2.75, 3.05) is 7.11 Å². The van der Waals surface area contributed by atoms with Gasteiger partial charge in [-0.3, -0.25) is 0 Å². The van der Waals surface area contributed by atoms with Gasteiger partial charge in [0.1, 0.15) is 11.3 Å². The van der Waals surface area contributed by atoms with E-state index in [1.165, 1.54) is 0 Å². The fourth-order valence-corrected chi connectivity index (χ4v) is 1.96. The zero-order valence-electron chi connectivity index (χ0n) is 11.7. The molecule has 0 saturated carbocycles. The minimum atomic E-state index is -0.654.